The number of aromatic nitrogens is 1. The van der Waals surface area contributed by atoms with Crippen molar-refractivity contribution in [3.63, 3.8) is 0 Å². The van der Waals surface area contributed by atoms with Gasteiger partial charge in [-0.05, 0) is 5.92 Å². The van der Waals surface area contributed by atoms with E-state index in [9.17, 15) is 10.1 Å². The highest BCUT2D eigenvalue weighted by Gasteiger charge is 2.14. The minimum atomic E-state index is -0.476. The Balaban J connectivity index is 2.80. The number of nitrogens with one attached hydrogen (secondary N) is 1. The molecule has 16 heavy (non-hydrogen) atoms. The third-order valence-corrected chi connectivity index (χ3v) is 2.29. The third-order valence-electron chi connectivity index (χ3n) is 2.29. The van der Waals surface area contributed by atoms with E-state index >= 15 is 0 Å². The van der Waals surface area contributed by atoms with Crippen LogP contribution < -0.4 is 5.32 Å². The fourth-order valence-corrected chi connectivity index (χ4v) is 1.22. The summed E-state index contributed by atoms with van der Waals surface area (Å²) < 4.78 is 0. The van der Waals surface area contributed by atoms with Crippen LogP contribution in [0.4, 0.5) is 11.5 Å². The molecular weight excluding hydrogens is 210 g/mol. The van der Waals surface area contributed by atoms with Gasteiger partial charge in [0.1, 0.15) is 5.82 Å². The van der Waals surface area contributed by atoms with Crippen LogP contribution in [0.3, 0.4) is 0 Å². The van der Waals surface area contributed by atoms with E-state index in [1.54, 1.807) is 0 Å². The molecule has 2 N–H and O–H groups in total. The van der Waals surface area contributed by atoms with Crippen LogP contribution in [0, 0.1) is 16.0 Å². The van der Waals surface area contributed by atoms with Gasteiger partial charge in [0.2, 0.25) is 0 Å². The van der Waals surface area contributed by atoms with E-state index in [0.717, 1.165) is 0 Å². The van der Waals surface area contributed by atoms with Gasteiger partial charge in [-0.15, -0.1) is 0 Å². The van der Waals surface area contributed by atoms with E-state index in [1.165, 1.54) is 18.3 Å². The average molecular weight is 225 g/mol. The van der Waals surface area contributed by atoms with Gasteiger partial charge in [-0.3, -0.25) is 10.1 Å². The maximum absolute atomic E-state index is 10.5. The largest absolute Gasteiger partial charge is 0.394 e. The summed E-state index contributed by atoms with van der Waals surface area (Å²) in [5.41, 5.74) is -0.0158. The van der Waals surface area contributed by atoms with Crippen molar-refractivity contribution in [2.24, 2.45) is 5.92 Å². The minimum absolute atomic E-state index is 0.0158. The van der Waals surface area contributed by atoms with Gasteiger partial charge in [0.25, 0.3) is 5.69 Å². The van der Waals surface area contributed by atoms with Crippen molar-refractivity contribution in [2.45, 2.75) is 19.9 Å². The van der Waals surface area contributed by atoms with Gasteiger partial charge in [0.05, 0.1) is 23.6 Å². The predicted molar refractivity (Wildman–Crippen MR) is 60.2 cm³/mol. The zero-order chi connectivity index (χ0) is 12.1. The van der Waals surface area contributed by atoms with Crippen LogP contribution in [-0.2, 0) is 0 Å². The Bertz CT molecular complexity index is 368. The number of hydrogen-bond donors (Lipinski definition) is 2. The quantitative estimate of drug-likeness (QED) is 0.584. The van der Waals surface area contributed by atoms with Crippen molar-refractivity contribution < 1.29 is 10.0 Å². The summed E-state index contributed by atoms with van der Waals surface area (Å²) in [5, 5.41) is 22.6. The van der Waals surface area contributed by atoms with Gasteiger partial charge in [-0.1, -0.05) is 13.8 Å². The zero-order valence-corrected chi connectivity index (χ0v) is 9.25. The molecule has 0 spiro atoms. The molecule has 1 heterocycles. The van der Waals surface area contributed by atoms with Crippen LogP contribution in [-0.4, -0.2) is 27.7 Å². The second kappa shape index (κ2) is 5.41. The molecule has 1 rings (SSSR count). The van der Waals surface area contributed by atoms with Gasteiger partial charge in [0, 0.05) is 12.3 Å². The van der Waals surface area contributed by atoms with Crippen molar-refractivity contribution >= 4 is 11.5 Å². The molecule has 0 amide bonds. The summed E-state index contributed by atoms with van der Waals surface area (Å²) in [6.45, 7) is 3.86. The molecule has 1 aromatic rings. The normalized spacial score (nSPS) is 12.5. The lowest BCUT2D eigenvalue weighted by molar-refractivity contribution is -0.384. The van der Waals surface area contributed by atoms with E-state index < -0.39 is 4.92 Å². The van der Waals surface area contributed by atoms with Gasteiger partial charge in [-0.25, -0.2) is 4.98 Å². The van der Waals surface area contributed by atoms with Crippen molar-refractivity contribution in [3.8, 4) is 0 Å². The Kier molecular flexibility index (Phi) is 4.19. The van der Waals surface area contributed by atoms with Crippen molar-refractivity contribution in [1.82, 2.24) is 4.98 Å². The number of rotatable bonds is 5. The summed E-state index contributed by atoms with van der Waals surface area (Å²) in [6.07, 6.45) is 1.37. The van der Waals surface area contributed by atoms with E-state index in [1.807, 2.05) is 13.8 Å². The van der Waals surface area contributed by atoms with Gasteiger partial charge >= 0.3 is 0 Å². The Morgan fingerprint density at radius 3 is 2.81 bits per heavy atom. The molecule has 1 unspecified atom stereocenters. The molecule has 6 heteroatoms. The van der Waals surface area contributed by atoms with Crippen molar-refractivity contribution in [1.29, 1.82) is 0 Å². The average Bonchev–Trinajstić information content (AvgIpc) is 2.25. The van der Waals surface area contributed by atoms with Gasteiger partial charge in [-0.2, -0.15) is 0 Å². The first kappa shape index (κ1) is 12.4. The molecular formula is C10H15N3O3. The number of nitrogens with zero attached hydrogens (tertiary/aromatic N) is 2. The zero-order valence-electron chi connectivity index (χ0n) is 9.25. The first-order valence-corrected chi connectivity index (χ1v) is 5.02. The first-order valence-electron chi connectivity index (χ1n) is 5.02. The number of anilines is 1. The Hall–Kier alpha value is -1.69. The predicted octanol–water partition coefficient (Wildman–Crippen LogP) is 1.42. The third kappa shape index (κ3) is 3.16. The number of aliphatic hydroxyl groups is 1. The Morgan fingerprint density at radius 2 is 2.31 bits per heavy atom. The molecule has 1 aromatic heterocycles. The van der Waals surface area contributed by atoms with Crippen molar-refractivity contribution in [3.05, 3.63) is 28.4 Å². The van der Waals surface area contributed by atoms with E-state index in [-0.39, 0.29) is 24.3 Å². The standard InChI is InChI=1S/C10H15N3O3/c1-7(2)9(6-14)12-10-5-8(13(15)16)3-4-11-10/h3-5,7,9,14H,6H2,1-2H3,(H,11,12). The molecule has 0 saturated carbocycles. The van der Waals surface area contributed by atoms with E-state index in [0.29, 0.717) is 5.82 Å². The highest BCUT2D eigenvalue weighted by atomic mass is 16.6. The molecule has 0 saturated heterocycles. The molecule has 0 fully saturated rings. The number of nitro groups is 1. The molecule has 0 aliphatic heterocycles. The van der Waals surface area contributed by atoms with Crippen LogP contribution in [0.2, 0.25) is 0 Å². The van der Waals surface area contributed by atoms with Crippen LogP contribution in [0.5, 0.6) is 0 Å². The molecule has 88 valence electrons. The first-order chi connectivity index (χ1) is 7.54. The lowest BCUT2D eigenvalue weighted by Gasteiger charge is -2.20. The second-order valence-corrected chi connectivity index (χ2v) is 3.83. The van der Waals surface area contributed by atoms with Crippen LogP contribution in [0.15, 0.2) is 18.3 Å². The fourth-order valence-electron chi connectivity index (χ4n) is 1.22. The van der Waals surface area contributed by atoms with Crippen LogP contribution >= 0.6 is 0 Å². The molecule has 0 radical (unpaired) electrons. The molecule has 0 aromatic carbocycles. The Labute approximate surface area is 93.5 Å². The van der Waals surface area contributed by atoms with E-state index in [4.69, 9.17) is 5.11 Å². The Morgan fingerprint density at radius 1 is 1.62 bits per heavy atom. The fraction of sp³-hybridized carbons (Fsp3) is 0.500. The molecule has 0 aliphatic carbocycles. The SMILES string of the molecule is CC(C)C(CO)Nc1cc([N+](=O)[O-])ccn1. The summed E-state index contributed by atoms with van der Waals surface area (Å²) in [7, 11) is 0. The highest BCUT2D eigenvalue weighted by molar-refractivity contribution is 5.44. The minimum Gasteiger partial charge on any atom is -0.394 e. The smallest absolute Gasteiger partial charge is 0.274 e. The van der Waals surface area contributed by atoms with E-state index in [2.05, 4.69) is 10.3 Å². The molecule has 1 atom stereocenters. The number of aliphatic hydroxyl groups excluding tert-OH is 1. The lowest BCUT2D eigenvalue weighted by atomic mass is 10.1. The van der Waals surface area contributed by atoms with Crippen LogP contribution in [0.25, 0.3) is 0 Å². The summed E-state index contributed by atoms with van der Waals surface area (Å²) in [5.74, 6) is 0.619. The maximum atomic E-state index is 10.5. The monoisotopic (exact) mass is 225 g/mol. The topological polar surface area (TPSA) is 88.3 Å². The second-order valence-electron chi connectivity index (χ2n) is 3.83. The summed E-state index contributed by atoms with van der Waals surface area (Å²) in [6, 6.07) is 2.52. The maximum Gasteiger partial charge on any atom is 0.274 e. The highest BCUT2D eigenvalue weighted by Crippen LogP contribution is 2.16. The summed E-state index contributed by atoms with van der Waals surface area (Å²) >= 11 is 0. The lowest BCUT2D eigenvalue weighted by Crippen LogP contribution is -2.29. The number of hydrogen-bond acceptors (Lipinski definition) is 5. The molecule has 0 bridgehead atoms. The van der Waals surface area contributed by atoms with Gasteiger partial charge < -0.3 is 10.4 Å². The molecule has 6 nitrogen and oxygen atoms in total. The van der Waals surface area contributed by atoms with Gasteiger partial charge in [0.15, 0.2) is 0 Å². The summed E-state index contributed by atoms with van der Waals surface area (Å²) in [4.78, 5) is 14.0. The van der Waals surface area contributed by atoms with Crippen LogP contribution in [0.1, 0.15) is 13.8 Å². The van der Waals surface area contributed by atoms with Crippen molar-refractivity contribution in [2.75, 3.05) is 11.9 Å². The number of pyridine rings is 1. The molecule has 0 aliphatic rings.